The summed E-state index contributed by atoms with van der Waals surface area (Å²) in [5.74, 6) is -1.82. The number of benzene rings is 2. The maximum atomic E-state index is 13.7. The first-order valence-electron chi connectivity index (χ1n) is 11.2. The van der Waals surface area contributed by atoms with Crippen LogP contribution in [0.15, 0.2) is 30.3 Å². The van der Waals surface area contributed by atoms with Crippen molar-refractivity contribution in [2.75, 3.05) is 13.2 Å². The minimum atomic E-state index is -1.22. The van der Waals surface area contributed by atoms with Gasteiger partial charge in [0, 0.05) is 24.0 Å². The molecule has 33 heavy (non-hydrogen) atoms. The number of aromatic carboxylic acids is 1. The molecule has 2 aromatic rings. The summed E-state index contributed by atoms with van der Waals surface area (Å²) in [6, 6.07) is 7.34. The van der Waals surface area contributed by atoms with E-state index in [0.29, 0.717) is 26.1 Å². The number of carbonyl (C=O) groups excluding carboxylic acids is 2. The number of fused-ring (bicyclic) bond motifs is 2. The summed E-state index contributed by atoms with van der Waals surface area (Å²) < 4.78 is 23.2. The standard InChI is InChI=1S/C25H24O8/c26-23-15-6-5-7-17(32-19-8-1-3-10-30-19)21(15)24(27)22-16(23)12-14(25(28)29)13-18(22)33-20-9-2-4-11-31-20/h5-7,12-13,19-20H,1-4,8-11H2,(H,28,29). The Kier molecular flexibility index (Phi) is 5.86. The summed E-state index contributed by atoms with van der Waals surface area (Å²) in [5, 5.41) is 9.57. The summed E-state index contributed by atoms with van der Waals surface area (Å²) in [6.45, 7) is 1.09. The number of hydrogen-bond acceptors (Lipinski definition) is 7. The molecule has 0 aromatic heterocycles. The molecule has 2 saturated heterocycles. The Balaban J connectivity index is 1.58. The molecule has 2 heterocycles. The number of carboxylic acid groups (broad SMARTS) is 1. The maximum Gasteiger partial charge on any atom is 0.335 e. The van der Waals surface area contributed by atoms with E-state index in [-0.39, 0.29) is 39.3 Å². The normalized spacial score (nSPS) is 22.3. The minimum Gasteiger partial charge on any atom is -0.478 e. The SMILES string of the molecule is O=C(O)c1cc(OC2CCCCO2)c2c(c1)C(=O)c1cccc(OC3CCCCO3)c1C2=O. The Morgan fingerprint density at radius 3 is 2.06 bits per heavy atom. The third-order valence-corrected chi connectivity index (χ3v) is 6.11. The van der Waals surface area contributed by atoms with E-state index in [4.69, 9.17) is 18.9 Å². The van der Waals surface area contributed by atoms with Crippen LogP contribution in [0.1, 0.15) is 80.7 Å². The second-order valence-electron chi connectivity index (χ2n) is 8.37. The average Bonchev–Trinajstić information content (AvgIpc) is 2.83. The lowest BCUT2D eigenvalue weighted by Crippen LogP contribution is -2.30. The molecule has 8 heteroatoms. The quantitative estimate of drug-likeness (QED) is 0.620. The van der Waals surface area contributed by atoms with Crippen LogP contribution in [0.2, 0.25) is 0 Å². The number of ether oxygens (including phenoxy) is 4. The molecule has 2 atom stereocenters. The van der Waals surface area contributed by atoms with E-state index in [0.717, 1.165) is 25.7 Å². The van der Waals surface area contributed by atoms with Crippen LogP contribution in [0.4, 0.5) is 0 Å². The molecule has 0 amide bonds. The molecule has 1 aliphatic carbocycles. The van der Waals surface area contributed by atoms with Crippen molar-refractivity contribution in [2.24, 2.45) is 0 Å². The number of rotatable bonds is 5. The highest BCUT2D eigenvalue weighted by Crippen LogP contribution is 2.39. The highest BCUT2D eigenvalue weighted by Gasteiger charge is 2.37. The predicted octanol–water partition coefficient (Wildman–Crippen LogP) is 3.97. The van der Waals surface area contributed by atoms with Gasteiger partial charge in [0.1, 0.15) is 11.5 Å². The van der Waals surface area contributed by atoms with Gasteiger partial charge in [-0.3, -0.25) is 9.59 Å². The van der Waals surface area contributed by atoms with E-state index in [2.05, 4.69) is 0 Å². The van der Waals surface area contributed by atoms with Crippen molar-refractivity contribution in [1.82, 2.24) is 0 Å². The third kappa shape index (κ3) is 4.12. The Morgan fingerprint density at radius 2 is 1.45 bits per heavy atom. The first kappa shape index (κ1) is 21.6. The third-order valence-electron chi connectivity index (χ3n) is 6.11. The number of carboxylic acids is 1. The van der Waals surface area contributed by atoms with Crippen LogP contribution < -0.4 is 9.47 Å². The van der Waals surface area contributed by atoms with Crippen LogP contribution in [0.3, 0.4) is 0 Å². The second kappa shape index (κ2) is 8.96. The van der Waals surface area contributed by atoms with Crippen molar-refractivity contribution < 1.29 is 38.4 Å². The van der Waals surface area contributed by atoms with Crippen LogP contribution in [0, 0.1) is 0 Å². The molecule has 3 aliphatic rings. The molecule has 5 rings (SSSR count). The van der Waals surface area contributed by atoms with Crippen molar-refractivity contribution >= 4 is 17.5 Å². The zero-order valence-electron chi connectivity index (χ0n) is 18.0. The second-order valence-corrected chi connectivity index (χ2v) is 8.37. The molecule has 0 spiro atoms. The van der Waals surface area contributed by atoms with Gasteiger partial charge in [0.2, 0.25) is 5.78 Å². The van der Waals surface area contributed by atoms with E-state index in [9.17, 15) is 19.5 Å². The van der Waals surface area contributed by atoms with Gasteiger partial charge in [-0.15, -0.1) is 0 Å². The van der Waals surface area contributed by atoms with Gasteiger partial charge in [-0.05, 0) is 43.9 Å². The molecule has 0 saturated carbocycles. The van der Waals surface area contributed by atoms with Crippen molar-refractivity contribution in [2.45, 2.75) is 51.1 Å². The van der Waals surface area contributed by atoms with Crippen LogP contribution in [0.5, 0.6) is 11.5 Å². The molecular formula is C25H24O8. The van der Waals surface area contributed by atoms with Crippen molar-refractivity contribution in [1.29, 1.82) is 0 Å². The Bertz CT molecular complexity index is 1110. The molecule has 172 valence electrons. The average molecular weight is 452 g/mol. The summed E-state index contributed by atoms with van der Waals surface area (Å²) in [7, 11) is 0. The van der Waals surface area contributed by atoms with E-state index in [1.165, 1.54) is 12.1 Å². The van der Waals surface area contributed by atoms with Crippen molar-refractivity contribution in [3.05, 3.63) is 58.1 Å². The highest BCUT2D eigenvalue weighted by molar-refractivity contribution is 6.30. The fourth-order valence-corrected chi connectivity index (χ4v) is 4.46. The van der Waals surface area contributed by atoms with E-state index >= 15 is 0 Å². The first-order valence-corrected chi connectivity index (χ1v) is 11.2. The van der Waals surface area contributed by atoms with Crippen LogP contribution >= 0.6 is 0 Å². The van der Waals surface area contributed by atoms with Gasteiger partial charge in [-0.25, -0.2) is 4.79 Å². The molecule has 2 unspecified atom stereocenters. The largest absolute Gasteiger partial charge is 0.478 e. The van der Waals surface area contributed by atoms with Crippen LogP contribution in [-0.2, 0) is 9.47 Å². The lowest BCUT2D eigenvalue weighted by Gasteiger charge is -2.28. The van der Waals surface area contributed by atoms with Crippen LogP contribution in [0.25, 0.3) is 0 Å². The molecule has 1 N–H and O–H groups in total. The van der Waals surface area contributed by atoms with Gasteiger partial charge in [-0.2, -0.15) is 0 Å². The summed E-state index contributed by atoms with van der Waals surface area (Å²) in [4.78, 5) is 38.8. The van der Waals surface area contributed by atoms with E-state index in [1.807, 2.05) is 0 Å². The summed E-state index contributed by atoms with van der Waals surface area (Å²) in [6.07, 6.45) is 3.90. The number of carbonyl (C=O) groups is 3. The van der Waals surface area contributed by atoms with Crippen molar-refractivity contribution in [3.8, 4) is 11.5 Å². The molecule has 0 bridgehead atoms. The molecule has 8 nitrogen and oxygen atoms in total. The zero-order chi connectivity index (χ0) is 22.9. The van der Waals surface area contributed by atoms with Crippen molar-refractivity contribution in [3.63, 3.8) is 0 Å². The minimum absolute atomic E-state index is 0.00396. The topological polar surface area (TPSA) is 108 Å². The number of ketones is 2. The van der Waals surface area contributed by atoms with Gasteiger partial charge in [0.15, 0.2) is 18.4 Å². The Hall–Kier alpha value is -3.23. The fraction of sp³-hybridized carbons (Fsp3) is 0.400. The predicted molar refractivity (Wildman–Crippen MR) is 115 cm³/mol. The lowest BCUT2D eigenvalue weighted by molar-refractivity contribution is -0.106. The van der Waals surface area contributed by atoms with Crippen LogP contribution in [-0.4, -0.2) is 48.4 Å². The van der Waals surface area contributed by atoms with Gasteiger partial charge >= 0.3 is 5.97 Å². The summed E-state index contributed by atoms with van der Waals surface area (Å²) in [5.41, 5.74) is 0.216. The summed E-state index contributed by atoms with van der Waals surface area (Å²) >= 11 is 0. The van der Waals surface area contributed by atoms with E-state index < -0.39 is 30.1 Å². The zero-order valence-corrected chi connectivity index (χ0v) is 18.0. The monoisotopic (exact) mass is 452 g/mol. The Morgan fingerprint density at radius 1 is 0.818 bits per heavy atom. The van der Waals surface area contributed by atoms with Gasteiger partial charge < -0.3 is 24.1 Å². The number of hydrogen-bond donors (Lipinski definition) is 1. The highest BCUT2D eigenvalue weighted by atomic mass is 16.7. The molecular weight excluding hydrogens is 428 g/mol. The Labute approximate surface area is 190 Å². The first-order chi connectivity index (χ1) is 16.0. The van der Waals surface area contributed by atoms with Gasteiger partial charge in [-0.1, -0.05) is 12.1 Å². The maximum absolute atomic E-state index is 13.7. The van der Waals surface area contributed by atoms with Gasteiger partial charge in [0.05, 0.1) is 29.9 Å². The molecule has 2 aromatic carbocycles. The smallest absolute Gasteiger partial charge is 0.335 e. The molecule has 2 fully saturated rings. The van der Waals surface area contributed by atoms with Gasteiger partial charge in [0.25, 0.3) is 0 Å². The lowest BCUT2D eigenvalue weighted by atomic mass is 9.82. The molecule has 0 radical (unpaired) electrons. The fourth-order valence-electron chi connectivity index (χ4n) is 4.46. The molecule has 2 aliphatic heterocycles. The van der Waals surface area contributed by atoms with E-state index in [1.54, 1.807) is 18.2 Å².